The number of carbonyl (C=O) groups excluding carboxylic acids is 1. The summed E-state index contributed by atoms with van der Waals surface area (Å²) in [6, 6.07) is 8.96. The van der Waals surface area contributed by atoms with Crippen LogP contribution >= 0.6 is 0 Å². The highest BCUT2D eigenvalue weighted by atomic mass is 19.1. The summed E-state index contributed by atoms with van der Waals surface area (Å²) in [6.07, 6.45) is -0.800. The van der Waals surface area contributed by atoms with Crippen LogP contribution in [-0.4, -0.2) is 25.0 Å². The van der Waals surface area contributed by atoms with Crippen molar-refractivity contribution in [3.63, 3.8) is 0 Å². The van der Waals surface area contributed by atoms with E-state index in [1.165, 1.54) is 6.07 Å². The van der Waals surface area contributed by atoms with E-state index in [0.29, 0.717) is 12.0 Å². The van der Waals surface area contributed by atoms with Crippen LogP contribution in [-0.2, 0) is 16.1 Å². The molecule has 156 valence electrons. The van der Waals surface area contributed by atoms with Crippen LogP contribution in [0.5, 0.6) is 5.75 Å². The van der Waals surface area contributed by atoms with Crippen LogP contribution in [0.3, 0.4) is 0 Å². The summed E-state index contributed by atoms with van der Waals surface area (Å²) in [4.78, 5) is 12.6. The lowest BCUT2D eigenvalue weighted by atomic mass is 10.1. The number of rotatable bonds is 10. The Hall–Kier alpha value is -3.00. The van der Waals surface area contributed by atoms with Crippen molar-refractivity contribution in [3.05, 3.63) is 64.7 Å². The standard InChI is InChI=1S/C21H25F2N3O3/c1-3-11-29-16-10-9-15(22)17(18(16)23)19(28-4-2)21(27)26-12-13-5-7-14(8-6-13)20(24)25/h5-10,19H,3-4,11-12H2,1-2H3,(H3,24,25)(H,26,27)/t19-/m0/s1. The zero-order valence-corrected chi connectivity index (χ0v) is 16.4. The van der Waals surface area contributed by atoms with Crippen LogP contribution in [0.4, 0.5) is 8.78 Å². The Balaban J connectivity index is 2.20. The number of carbonyl (C=O) groups is 1. The molecule has 1 amide bonds. The molecule has 0 unspecified atom stereocenters. The second kappa shape index (κ2) is 10.5. The summed E-state index contributed by atoms with van der Waals surface area (Å²) in [5, 5.41) is 10.0. The molecule has 0 aromatic heterocycles. The third-order valence-electron chi connectivity index (χ3n) is 4.12. The molecule has 8 heteroatoms. The molecular formula is C21H25F2N3O3. The first kappa shape index (κ1) is 22.3. The van der Waals surface area contributed by atoms with Crippen molar-refractivity contribution in [1.29, 1.82) is 5.41 Å². The van der Waals surface area contributed by atoms with Gasteiger partial charge in [-0.2, -0.15) is 0 Å². The number of nitrogens with two attached hydrogens (primary N) is 1. The normalized spacial score (nSPS) is 11.7. The van der Waals surface area contributed by atoms with E-state index in [0.717, 1.165) is 11.6 Å². The topological polar surface area (TPSA) is 97.4 Å². The number of amidine groups is 1. The van der Waals surface area contributed by atoms with Gasteiger partial charge in [-0.25, -0.2) is 8.78 Å². The molecule has 1 atom stereocenters. The lowest BCUT2D eigenvalue weighted by molar-refractivity contribution is -0.133. The minimum atomic E-state index is -1.46. The molecule has 0 aliphatic rings. The minimum absolute atomic E-state index is 0.0619. The summed E-state index contributed by atoms with van der Waals surface area (Å²) >= 11 is 0. The van der Waals surface area contributed by atoms with Crippen molar-refractivity contribution in [2.75, 3.05) is 13.2 Å². The maximum absolute atomic E-state index is 14.8. The molecule has 2 aromatic carbocycles. The van der Waals surface area contributed by atoms with Gasteiger partial charge in [0.05, 0.1) is 12.2 Å². The lowest BCUT2D eigenvalue weighted by Gasteiger charge is -2.20. The van der Waals surface area contributed by atoms with Gasteiger partial charge in [-0.1, -0.05) is 31.2 Å². The largest absolute Gasteiger partial charge is 0.491 e. The van der Waals surface area contributed by atoms with E-state index in [1.54, 1.807) is 31.2 Å². The van der Waals surface area contributed by atoms with E-state index in [4.69, 9.17) is 20.6 Å². The van der Waals surface area contributed by atoms with Crippen molar-refractivity contribution in [1.82, 2.24) is 5.32 Å². The van der Waals surface area contributed by atoms with E-state index in [1.807, 2.05) is 6.92 Å². The second-order valence-electron chi connectivity index (χ2n) is 6.29. The van der Waals surface area contributed by atoms with Gasteiger partial charge in [-0.3, -0.25) is 10.2 Å². The quantitative estimate of drug-likeness (QED) is 0.417. The van der Waals surface area contributed by atoms with Gasteiger partial charge in [-0.05, 0) is 31.0 Å². The van der Waals surface area contributed by atoms with Gasteiger partial charge in [0.2, 0.25) is 0 Å². The number of hydrogen-bond donors (Lipinski definition) is 3. The molecule has 29 heavy (non-hydrogen) atoms. The Morgan fingerprint density at radius 2 is 1.86 bits per heavy atom. The molecule has 0 radical (unpaired) electrons. The molecule has 6 nitrogen and oxygen atoms in total. The first-order chi connectivity index (χ1) is 13.9. The molecule has 0 aliphatic heterocycles. The lowest BCUT2D eigenvalue weighted by Crippen LogP contribution is -2.31. The zero-order valence-electron chi connectivity index (χ0n) is 16.4. The third-order valence-corrected chi connectivity index (χ3v) is 4.12. The Morgan fingerprint density at radius 1 is 1.17 bits per heavy atom. The van der Waals surface area contributed by atoms with E-state index in [2.05, 4.69) is 5.32 Å². The van der Waals surface area contributed by atoms with Crippen LogP contribution in [0.15, 0.2) is 36.4 Å². The maximum atomic E-state index is 14.8. The molecule has 0 fully saturated rings. The zero-order chi connectivity index (χ0) is 21.4. The Morgan fingerprint density at radius 3 is 2.45 bits per heavy atom. The van der Waals surface area contributed by atoms with E-state index < -0.39 is 29.2 Å². The highest BCUT2D eigenvalue weighted by Crippen LogP contribution is 2.30. The third kappa shape index (κ3) is 5.74. The number of nitrogens with one attached hydrogen (secondary N) is 2. The molecule has 4 N–H and O–H groups in total. The minimum Gasteiger partial charge on any atom is -0.491 e. The first-order valence-electron chi connectivity index (χ1n) is 9.32. The van der Waals surface area contributed by atoms with E-state index in [-0.39, 0.29) is 31.3 Å². The smallest absolute Gasteiger partial charge is 0.254 e. The van der Waals surface area contributed by atoms with Crippen molar-refractivity contribution in [2.24, 2.45) is 5.73 Å². The van der Waals surface area contributed by atoms with Crippen LogP contribution in [0.2, 0.25) is 0 Å². The number of halogens is 2. The predicted octanol–water partition coefficient (Wildman–Crippen LogP) is 3.43. The van der Waals surface area contributed by atoms with Crippen LogP contribution in [0, 0.1) is 17.0 Å². The summed E-state index contributed by atoms with van der Waals surface area (Å²) in [7, 11) is 0. The number of ether oxygens (including phenoxy) is 2. The van der Waals surface area contributed by atoms with Crippen molar-refractivity contribution in [3.8, 4) is 5.75 Å². The molecule has 2 rings (SSSR count). The van der Waals surface area contributed by atoms with Crippen LogP contribution in [0.25, 0.3) is 0 Å². The monoisotopic (exact) mass is 405 g/mol. The van der Waals surface area contributed by atoms with Gasteiger partial charge in [0.15, 0.2) is 17.7 Å². The maximum Gasteiger partial charge on any atom is 0.254 e. The Labute approximate surface area is 168 Å². The van der Waals surface area contributed by atoms with Crippen molar-refractivity contribution < 1.29 is 23.0 Å². The van der Waals surface area contributed by atoms with Gasteiger partial charge in [0.1, 0.15) is 11.7 Å². The molecule has 0 saturated carbocycles. The Kier molecular flexibility index (Phi) is 8.09. The van der Waals surface area contributed by atoms with Crippen molar-refractivity contribution in [2.45, 2.75) is 32.9 Å². The van der Waals surface area contributed by atoms with Crippen LogP contribution < -0.4 is 15.8 Å². The Bertz CT molecular complexity index is 857. The van der Waals surface area contributed by atoms with E-state index >= 15 is 0 Å². The highest BCUT2D eigenvalue weighted by molar-refractivity contribution is 5.94. The number of hydrogen-bond acceptors (Lipinski definition) is 4. The number of benzene rings is 2. The average molecular weight is 405 g/mol. The van der Waals surface area contributed by atoms with Crippen LogP contribution in [0.1, 0.15) is 43.1 Å². The average Bonchev–Trinajstić information content (AvgIpc) is 2.71. The SMILES string of the molecule is CCCOc1ccc(F)c([C@H](OCC)C(=O)NCc2ccc(C(=N)N)cc2)c1F. The molecule has 0 bridgehead atoms. The van der Waals surface area contributed by atoms with Gasteiger partial charge in [-0.15, -0.1) is 0 Å². The summed E-state index contributed by atoms with van der Waals surface area (Å²) < 4.78 is 39.8. The molecule has 0 heterocycles. The molecule has 0 aliphatic carbocycles. The summed E-state index contributed by atoms with van der Waals surface area (Å²) in [6.45, 7) is 3.97. The molecule has 0 spiro atoms. The molecular weight excluding hydrogens is 380 g/mol. The van der Waals surface area contributed by atoms with Gasteiger partial charge >= 0.3 is 0 Å². The number of amides is 1. The molecule has 0 saturated heterocycles. The van der Waals surface area contributed by atoms with Gasteiger partial charge in [0, 0.05) is 18.7 Å². The molecule has 2 aromatic rings. The van der Waals surface area contributed by atoms with Crippen molar-refractivity contribution >= 4 is 11.7 Å². The fourth-order valence-corrected chi connectivity index (χ4v) is 2.65. The summed E-state index contributed by atoms with van der Waals surface area (Å²) in [5.41, 5.74) is 6.22. The van der Waals surface area contributed by atoms with Gasteiger partial charge < -0.3 is 20.5 Å². The fourth-order valence-electron chi connectivity index (χ4n) is 2.65. The van der Waals surface area contributed by atoms with Gasteiger partial charge in [0.25, 0.3) is 5.91 Å². The number of nitrogen functional groups attached to an aromatic ring is 1. The highest BCUT2D eigenvalue weighted by Gasteiger charge is 2.29. The summed E-state index contributed by atoms with van der Waals surface area (Å²) in [5.74, 6) is -2.69. The second-order valence-corrected chi connectivity index (χ2v) is 6.29. The predicted molar refractivity (Wildman–Crippen MR) is 106 cm³/mol. The fraction of sp³-hybridized carbons (Fsp3) is 0.333. The van der Waals surface area contributed by atoms with E-state index in [9.17, 15) is 13.6 Å². The first-order valence-corrected chi connectivity index (χ1v) is 9.32.